The van der Waals surface area contributed by atoms with Gasteiger partial charge in [0.25, 0.3) is 0 Å². The van der Waals surface area contributed by atoms with Crippen LogP contribution < -0.4 is 0 Å². The molecular weight excluding hydrogens is 316 g/mol. The molecule has 0 radical (unpaired) electrons. The summed E-state index contributed by atoms with van der Waals surface area (Å²) in [6.45, 7) is 13.2. The van der Waals surface area contributed by atoms with E-state index in [4.69, 9.17) is 4.43 Å². The van der Waals surface area contributed by atoms with Gasteiger partial charge in [-0.1, -0.05) is 26.8 Å². The second-order valence-corrected chi connectivity index (χ2v) is 13.6. The lowest BCUT2D eigenvalue weighted by Crippen LogP contribution is -2.44. The number of thiol groups is 1. The van der Waals surface area contributed by atoms with Gasteiger partial charge < -0.3 is 4.43 Å². The molecule has 1 aromatic heterocycles. The molecule has 2 heterocycles. The van der Waals surface area contributed by atoms with E-state index in [1.807, 2.05) is 0 Å². The fourth-order valence-electron chi connectivity index (χ4n) is 2.14. The molecule has 0 amide bonds. The monoisotopic (exact) mass is 342 g/mol. The summed E-state index contributed by atoms with van der Waals surface area (Å²) in [7, 11) is 0.436. The molecule has 21 heavy (non-hydrogen) atoms. The third-order valence-electron chi connectivity index (χ3n) is 4.69. The number of rotatable bonds is 4. The number of hydrogen-bond acceptors (Lipinski definition) is 5. The molecule has 118 valence electrons. The van der Waals surface area contributed by atoms with Crippen molar-refractivity contribution in [3.8, 4) is 0 Å². The molecule has 0 saturated carbocycles. The van der Waals surface area contributed by atoms with Crippen LogP contribution in [0.5, 0.6) is 0 Å². The average Bonchev–Trinajstić information content (AvgIpc) is 2.92. The quantitative estimate of drug-likeness (QED) is 0.657. The molecule has 0 aliphatic carbocycles. The molecule has 0 bridgehead atoms. The van der Waals surface area contributed by atoms with E-state index < -0.39 is 8.32 Å². The van der Waals surface area contributed by atoms with Gasteiger partial charge in [0.2, 0.25) is 0 Å². The molecule has 0 fully saturated rings. The zero-order valence-electron chi connectivity index (χ0n) is 13.8. The molecular formula is C15H26N2OS2Si. The molecule has 1 aromatic rings. The van der Waals surface area contributed by atoms with Gasteiger partial charge in [0.1, 0.15) is 4.34 Å². The largest absolute Gasteiger partial charge is 0.415 e. The molecule has 1 aliphatic heterocycles. The van der Waals surface area contributed by atoms with Gasteiger partial charge in [-0.05, 0) is 30.8 Å². The van der Waals surface area contributed by atoms with Crippen molar-refractivity contribution in [1.29, 1.82) is 0 Å². The molecule has 2 rings (SSSR count). The second kappa shape index (κ2) is 6.16. The summed E-state index contributed by atoms with van der Waals surface area (Å²) in [6, 6.07) is 0.300. The summed E-state index contributed by atoms with van der Waals surface area (Å²) >= 11 is 5.91. The average molecular weight is 343 g/mol. The highest BCUT2D eigenvalue weighted by atomic mass is 32.2. The van der Waals surface area contributed by atoms with Crippen LogP contribution in [0.3, 0.4) is 0 Å². The van der Waals surface area contributed by atoms with E-state index in [9.17, 15) is 0 Å². The van der Waals surface area contributed by atoms with Crippen LogP contribution in [0.4, 0.5) is 0 Å². The number of aromatic nitrogens is 1. The van der Waals surface area contributed by atoms with E-state index in [-0.39, 0.29) is 5.04 Å². The van der Waals surface area contributed by atoms with Crippen molar-refractivity contribution < 1.29 is 4.43 Å². The number of likely N-dealkylation sites (N-methyl/N-ethyl adjacent to an activating group) is 1. The van der Waals surface area contributed by atoms with E-state index >= 15 is 0 Å². The van der Waals surface area contributed by atoms with Gasteiger partial charge in [-0.2, -0.15) is 0 Å². The molecule has 0 aromatic carbocycles. The summed E-state index contributed by atoms with van der Waals surface area (Å²) in [5.74, 6) is 0. The van der Waals surface area contributed by atoms with Crippen molar-refractivity contribution in [3.05, 3.63) is 17.2 Å². The van der Waals surface area contributed by atoms with Gasteiger partial charge in [-0.15, -0.1) is 24.0 Å². The topological polar surface area (TPSA) is 25.4 Å². The first kappa shape index (κ1) is 17.2. The van der Waals surface area contributed by atoms with Crippen LogP contribution in [0.1, 0.15) is 26.5 Å². The highest BCUT2D eigenvalue weighted by molar-refractivity contribution is 7.82. The Balaban J connectivity index is 2.09. The van der Waals surface area contributed by atoms with Crippen molar-refractivity contribution in [3.63, 3.8) is 0 Å². The molecule has 0 N–H and O–H groups in total. The van der Waals surface area contributed by atoms with Crippen molar-refractivity contribution in [2.24, 2.45) is 0 Å². The van der Waals surface area contributed by atoms with Gasteiger partial charge in [0.15, 0.2) is 8.32 Å². The van der Waals surface area contributed by atoms with E-state index in [1.165, 1.54) is 5.57 Å². The Kier molecular flexibility index (Phi) is 5.05. The first-order valence-corrected chi connectivity index (χ1v) is 11.5. The third kappa shape index (κ3) is 3.79. The Morgan fingerprint density at radius 2 is 2.14 bits per heavy atom. The lowest BCUT2D eigenvalue weighted by Gasteiger charge is -2.38. The summed E-state index contributed by atoms with van der Waals surface area (Å²) in [6.07, 6.45) is 2.27. The van der Waals surface area contributed by atoms with Crippen molar-refractivity contribution in [1.82, 2.24) is 9.88 Å². The fourth-order valence-corrected chi connectivity index (χ4v) is 3.97. The Hall–Kier alpha value is -0.143. The number of thiazole rings is 1. The SMILES string of the molecule is CN1CC=C(c2csc(S)n2)[C@@H]1CO[Si](C)(C)C(C)(C)C. The minimum atomic E-state index is -1.71. The van der Waals surface area contributed by atoms with Crippen LogP contribution >= 0.6 is 24.0 Å². The molecule has 3 nitrogen and oxygen atoms in total. The second-order valence-electron chi connectivity index (χ2n) is 7.20. The zero-order chi connectivity index (χ0) is 15.8. The molecule has 6 heteroatoms. The van der Waals surface area contributed by atoms with Crippen LogP contribution in [0, 0.1) is 0 Å². The molecule has 0 spiro atoms. The molecule has 1 aliphatic rings. The van der Waals surface area contributed by atoms with Crippen LogP contribution in [0.25, 0.3) is 5.57 Å². The zero-order valence-corrected chi connectivity index (χ0v) is 16.5. The van der Waals surface area contributed by atoms with E-state index in [0.717, 1.165) is 23.2 Å². The van der Waals surface area contributed by atoms with Gasteiger partial charge in [0.05, 0.1) is 18.3 Å². The summed E-state index contributed by atoms with van der Waals surface area (Å²) in [4.78, 5) is 6.85. The van der Waals surface area contributed by atoms with Crippen molar-refractivity contribution in [2.75, 3.05) is 20.2 Å². The number of nitrogens with zero attached hydrogens (tertiary/aromatic N) is 2. The summed E-state index contributed by atoms with van der Waals surface area (Å²) in [5, 5.41) is 2.33. The normalized spacial score (nSPS) is 20.9. The van der Waals surface area contributed by atoms with Crippen LogP contribution in [0.2, 0.25) is 18.1 Å². The maximum Gasteiger partial charge on any atom is 0.192 e. The van der Waals surface area contributed by atoms with Gasteiger partial charge in [0, 0.05) is 11.9 Å². The summed E-state index contributed by atoms with van der Waals surface area (Å²) < 4.78 is 7.24. The maximum absolute atomic E-state index is 6.42. The van der Waals surface area contributed by atoms with Crippen molar-refractivity contribution >= 4 is 37.9 Å². The van der Waals surface area contributed by atoms with E-state index in [2.05, 4.69) is 74.9 Å². The summed E-state index contributed by atoms with van der Waals surface area (Å²) in [5.41, 5.74) is 2.34. The van der Waals surface area contributed by atoms with Crippen molar-refractivity contribution in [2.45, 2.75) is 49.3 Å². The lowest BCUT2D eigenvalue weighted by atomic mass is 10.1. The van der Waals surface area contributed by atoms with Gasteiger partial charge in [-0.25, -0.2) is 4.98 Å². The predicted octanol–water partition coefficient (Wildman–Crippen LogP) is 4.15. The molecule has 0 unspecified atom stereocenters. The van der Waals surface area contributed by atoms with Crippen LogP contribution in [-0.4, -0.2) is 44.4 Å². The van der Waals surface area contributed by atoms with Gasteiger partial charge in [-0.3, -0.25) is 4.90 Å². The predicted molar refractivity (Wildman–Crippen MR) is 96.9 cm³/mol. The van der Waals surface area contributed by atoms with E-state index in [1.54, 1.807) is 11.3 Å². The Bertz CT molecular complexity index is 534. The Labute approximate surface area is 139 Å². The lowest BCUT2D eigenvalue weighted by molar-refractivity contribution is 0.205. The van der Waals surface area contributed by atoms with E-state index in [0.29, 0.717) is 6.04 Å². The first-order chi connectivity index (χ1) is 9.62. The standard InChI is InChI=1S/C15H26N2OS2Si/c1-15(2,3)21(5,6)18-9-13-11(7-8-17(13)4)12-10-20-14(19)16-12/h7,10,13H,8-9H2,1-6H3,(H,16,19)/t13-/m0/s1. The third-order valence-corrected chi connectivity index (χ3v) is 10.2. The minimum Gasteiger partial charge on any atom is -0.415 e. The Morgan fingerprint density at radius 1 is 1.48 bits per heavy atom. The van der Waals surface area contributed by atoms with Gasteiger partial charge >= 0.3 is 0 Å². The smallest absolute Gasteiger partial charge is 0.192 e. The first-order valence-electron chi connectivity index (χ1n) is 7.31. The van der Waals surface area contributed by atoms with Crippen LogP contribution in [0.15, 0.2) is 15.8 Å². The number of hydrogen-bond donors (Lipinski definition) is 1. The molecule has 1 atom stereocenters. The van der Waals surface area contributed by atoms with Crippen LogP contribution in [-0.2, 0) is 4.43 Å². The fraction of sp³-hybridized carbons (Fsp3) is 0.667. The Morgan fingerprint density at radius 3 is 2.67 bits per heavy atom. The highest BCUT2D eigenvalue weighted by Gasteiger charge is 2.39. The molecule has 0 saturated heterocycles. The minimum absolute atomic E-state index is 0.243. The maximum atomic E-state index is 6.42. The highest BCUT2D eigenvalue weighted by Crippen LogP contribution is 2.37.